The summed E-state index contributed by atoms with van der Waals surface area (Å²) in [6.45, 7) is 4.77. The molecule has 0 amide bonds. The van der Waals surface area contributed by atoms with Gasteiger partial charge in [0.15, 0.2) is 0 Å². The van der Waals surface area contributed by atoms with E-state index in [1.807, 2.05) is 0 Å². The molecule has 2 N–H and O–H groups in total. The van der Waals surface area contributed by atoms with Crippen molar-refractivity contribution in [1.82, 2.24) is 4.98 Å². The van der Waals surface area contributed by atoms with Crippen LogP contribution in [0.15, 0.2) is 24.5 Å². The van der Waals surface area contributed by atoms with Gasteiger partial charge in [0, 0.05) is 22.5 Å². The van der Waals surface area contributed by atoms with Crippen LogP contribution in [-0.4, -0.2) is 16.1 Å². The molecule has 2 heterocycles. The maximum atomic E-state index is 11.0. The smallest absolute Gasteiger partial charge is 0.337 e. The second-order valence-electron chi connectivity index (χ2n) is 4.03. The molecule has 5 heteroatoms. The topological polar surface area (TPSA) is 62.2 Å². The highest BCUT2D eigenvalue weighted by atomic mass is 32.1. The predicted octanol–water partition coefficient (Wildman–Crippen LogP) is 3.07. The number of carboxylic acids is 1. The number of aromatic nitrogens is 1. The van der Waals surface area contributed by atoms with Crippen molar-refractivity contribution in [2.75, 3.05) is 5.32 Å². The van der Waals surface area contributed by atoms with Gasteiger partial charge >= 0.3 is 5.97 Å². The zero-order chi connectivity index (χ0) is 13.1. The number of carbonyl (C=O) groups is 1. The van der Waals surface area contributed by atoms with Crippen LogP contribution >= 0.6 is 11.3 Å². The average Bonchev–Trinajstić information content (AvgIpc) is 2.66. The molecular formula is C13H14N2O2S. The Balaban J connectivity index is 2.13. The van der Waals surface area contributed by atoms with E-state index in [4.69, 9.17) is 5.11 Å². The summed E-state index contributed by atoms with van der Waals surface area (Å²) in [4.78, 5) is 17.4. The van der Waals surface area contributed by atoms with Crippen molar-refractivity contribution in [2.45, 2.75) is 20.4 Å². The van der Waals surface area contributed by atoms with Crippen molar-refractivity contribution in [3.63, 3.8) is 0 Å². The quantitative estimate of drug-likeness (QED) is 0.889. The number of pyridine rings is 1. The Morgan fingerprint density at radius 3 is 2.89 bits per heavy atom. The van der Waals surface area contributed by atoms with Gasteiger partial charge in [-0.3, -0.25) is 4.98 Å². The molecule has 0 bridgehead atoms. The highest BCUT2D eigenvalue weighted by Gasteiger charge is 2.09. The Bertz CT molecular complexity index is 559. The second kappa shape index (κ2) is 5.18. The van der Waals surface area contributed by atoms with Crippen LogP contribution in [0.1, 0.15) is 25.7 Å². The van der Waals surface area contributed by atoms with Gasteiger partial charge in [0.25, 0.3) is 0 Å². The second-order valence-corrected chi connectivity index (χ2v) is 5.37. The lowest BCUT2D eigenvalue weighted by Crippen LogP contribution is -2.06. The molecule has 94 valence electrons. The number of hydrogen-bond donors (Lipinski definition) is 2. The fourth-order valence-corrected chi connectivity index (χ4v) is 2.63. The fourth-order valence-electron chi connectivity index (χ4n) is 1.64. The van der Waals surface area contributed by atoms with Crippen LogP contribution in [0.5, 0.6) is 0 Å². The Morgan fingerprint density at radius 2 is 2.28 bits per heavy atom. The molecule has 0 unspecified atom stereocenters. The lowest BCUT2D eigenvalue weighted by Gasteiger charge is -2.07. The molecule has 2 aromatic heterocycles. The molecule has 0 atom stereocenters. The van der Waals surface area contributed by atoms with E-state index in [2.05, 4.69) is 30.2 Å². The minimum Gasteiger partial charge on any atom is -0.478 e. The van der Waals surface area contributed by atoms with E-state index in [0.717, 1.165) is 0 Å². The number of hydrogen-bond acceptors (Lipinski definition) is 4. The molecule has 0 saturated heterocycles. The number of aromatic carboxylic acids is 1. The van der Waals surface area contributed by atoms with E-state index < -0.39 is 5.97 Å². The third kappa shape index (κ3) is 2.68. The van der Waals surface area contributed by atoms with Crippen molar-refractivity contribution in [1.29, 1.82) is 0 Å². The predicted molar refractivity (Wildman–Crippen MR) is 72.3 cm³/mol. The van der Waals surface area contributed by atoms with E-state index in [1.54, 1.807) is 11.3 Å². The normalized spacial score (nSPS) is 10.3. The van der Waals surface area contributed by atoms with Gasteiger partial charge in [0.1, 0.15) is 0 Å². The monoisotopic (exact) mass is 262 g/mol. The van der Waals surface area contributed by atoms with Gasteiger partial charge in [-0.05, 0) is 31.5 Å². The molecule has 0 radical (unpaired) electrons. The first-order chi connectivity index (χ1) is 8.58. The summed E-state index contributed by atoms with van der Waals surface area (Å²) in [5.74, 6) is -0.946. The van der Waals surface area contributed by atoms with Crippen LogP contribution in [-0.2, 0) is 6.54 Å². The van der Waals surface area contributed by atoms with Gasteiger partial charge < -0.3 is 10.4 Å². The number of anilines is 1. The van der Waals surface area contributed by atoms with Crippen LogP contribution in [0, 0.1) is 13.8 Å². The van der Waals surface area contributed by atoms with E-state index in [9.17, 15) is 4.79 Å². The maximum Gasteiger partial charge on any atom is 0.337 e. The maximum absolute atomic E-state index is 11.0. The number of thiophene rings is 1. The molecule has 0 saturated carbocycles. The molecular weight excluding hydrogens is 248 g/mol. The van der Waals surface area contributed by atoms with Crippen LogP contribution < -0.4 is 5.32 Å². The fraction of sp³-hybridized carbons (Fsp3) is 0.231. The molecule has 0 aromatic carbocycles. The average molecular weight is 262 g/mol. The minimum atomic E-state index is -0.946. The number of aryl methyl sites for hydroxylation is 2. The van der Waals surface area contributed by atoms with Crippen molar-refractivity contribution in [3.8, 4) is 0 Å². The highest BCUT2D eigenvalue weighted by Crippen LogP contribution is 2.22. The lowest BCUT2D eigenvalue weighted by molar-refractivity contribution is 0.0698. The molecule has 2 rings (SSSR count). The van der Waals surface area contributed by atoms with Gasteiger partial charge in [-0.25, -0.2) is 4.79 Å². The Kier molecular flexibility index (Phi) is 3.62. The molecule has 0 spiro atoms. The van der Waals surface area contributed by atoms with E-state index in [1.165, 1.54) is 33.8 Å². The largest absolute Gasteiger partial charge is 0.478 e. The van der Waals surface area contributed by atoms with Crippen molar-refractivity contribution in [2.24, 2.45) is 0 Å². The number of rotatable bonds is 4. The molecule has 2 aromatic rings. The summed E-state index contributed by atoms with van der Waals surface area (Å²) >= 11 is 1.72. The van der Waals surface area contributed by atoms with Gasteiger partial charge in [-0.2, -0.15) is 0 Å². The summed E-state index contributed by atoms with van der Waals surface area (Å²) in [7, 11) is 0. The molecule has 0 fully saturated rings. The van der Waals surface area contributed by atoms with Crippen LogP contribution in [0.2, 0.25) is 0 Å². The van der Waals surface area contributed by atoms with E-state index in [-0.39, 0.29) is 5.56 Å². The van der Waals surface area contributed by atoms with Crippen LogP contribution in [0.25, 0.3) is 0 Å². The number of carboxylic acid groups (broad SMARTS) is 1. The van der Waals surface area contributed by atoms with Crippen molar-refractivity contribution < 1.29 is 9.90 Å². The summed E-state index contributed by atoms with van der Waals surface area (Å²) < 4.78 is 0. The Hall–Kier alpha value is -1.88. The van der Waals surface area contributed by atoms with Crippen molar-refractivity contribution in [3.05, 3.63) is 45.4 Å². The van der Waals surface area contributed by atoms with Gasteiger partial charge in [0.2, 0.25) is 0 Å². The number of nitrogens with one attached hydrogen (secondary N) is 1. The Labute approximate surface area is 109 Å². The molecule has 0 aliphatic rings. The molecule has 0 aliphatic heterocycles. The summed E-state index contributed by atoms with van der Waals surface area (Å²) in [5, 5.41) is 12.2. The standard InChI is InChI=1S/C13H14N2O2S/c1-8-5-10(18-9(8)2)6-15-12-7-14-4-3-11(12)13(16)17/h3-5,7,15H,6H2,1-2H3,(H,16,17). The van der Waals surface area contributed by atoms with Crippen molar-refractivity contribution >= 4 is 23.0 Å². The molecule has 4 nitrogen and oxygen atoms in total. The van der Waals surface area contributed by atoms with E-state index in [0.29, 0.717) is 12.2 Å². The highest BCUT2D eigenvalue weighted by molar-refractivity contribution is 7.12. The molecule has 0 aliphatic carbocycles. The summed E-state index contributed by atoms with van der Waals surface area (Å²) in [6, 6.07) is 3.61. The first-order valence-electron chi connectivity index (χ1n) is 5.55. The van der Waals surface area contributed by atoms with Gasteiger partial charge in [-0.1, -0.05) is 0 Å². The zero-order valence-electron chi connectivity index (χ0n) is 10.2. The third-order valence-corrected chi connectivity index (χ3v) is 3.87. The van der Waals surface area contributed by atoms with Gasteiger partial charge in [0.05, 0.1) is 17.4 Å². The molecule has 18 heavy (non-hydrogen) atoms. The van der Waals surface area contributed by atoms with E-state index >= 15 is 0 Å². The van der Waals surface area contributed by atoms with Gasteiger partial charge in [-0.15, -0.1) is 11.3 Å². The minimum absolute atomic E-state index is 0.245. The summed E-state index contributed by atoms with van der Waals surface area (Å²) in [6.07, 6.45) is 3.02. The first kappa shape index (κ1) is 12.6. The Morgan fingerprint density at radius 1 is 1.50 bits per heavy atom. The van der Waals surface area contributed by atoms with Crippen LogP contribution in [0.3, 0.4) is 0 Å². The summed E-state index contributed by atoms with van der Waals surface area (Å²) in [5.41, 5.74) is 2.06. The SMILES string of the molecule is Cc1cc(CNc2cnccc2C(=O)O)sc1C. The third-order valence-electron chi connectivity index (χ3n) is 2.72. The van der Waals surface area contributed by atoms with Crippen LogP contribution in [0.4, 0.5) is 5.69 Å². The first-order valence-corrected chi connectivity index (χ1v) is 6.36. The lowest BCUT2D eigenvalue weighted by atomic mass is 10.2. The zero-order valence-corrected chi connectivity index (χ0v) is 11.0. The number of nitrogens with zero attached hydrogens (tertiary/aromatic N) is 1.